The molecule has 7 heteroatoms. The van der Waals surface area contributed by atoms with Crippen molar-refractivity contribution in [3.8, 4) is 5.75 Å². The molecule has 1 fully saturated rings. The summed E-state index contributed by atoms with van der Waals surface area (Å²) < 4.78 is 10.3. The Labute approximate surface area is 213 Å². The Hall–Kier alpha value is -3.35. The van der Waals surface area contributed by atoms with Crippen molar-refractivity contribution >= 4 is 17.6 Å². The summed E-state index contributed by atoms with van der Waals surface area (Å²) in [6.45, 7) is 5.71. The van der Waals surface area contributed by atoms with Crippen LogP contribution in [0.3, 0.4) is 0 Å². The summed E-state index contributed by atoms with van der Waals surface area (Å²) in [6.07, 6.45) is 8.03. The average Bonchev–Trinajstić information content (AvgIpc) is 2.87. The van der Waals surface area contributed by atoms with Crippen molar-refractivity contribution < 1.29 is 24.2 Å². The first-order valence-electron chi connectivity index (χ1n) is 13.0. The topological polar surface area (TPSA) is 89.0 Å². The minimum atomic E-state index is -0.246. The lowest BCUT2D eigenvalue weighted by atomic mass is 9.73. The van der Waals surface area contributed by atoms with E-state index in [0.29, 0.717) is 45.1 Å². The molecule has 36 heavy (non-hydrogen) atoms. The van der Waals surface area contributed by atoms with Gasteiger partial charge in [-0.3, -0.25) is 9.78 Å². The molecule has 1 aromatic carbocycles. The molecular weight excluding hydrogens is 456 g/mol. The van der Waals surface area contributed by atoms with Gasteiger partial charge < -0.3 is 19.5 Å². The van der Waals surface area contributed by atoms with Gasteiger partial charge in [-0.05, 0) is 92.3 Å². The summed E-state index contributed by atoms with van der Waals surface area (Å²) >= 11 is 0. The first-order chi connectivity index (χ1) is 17.5. The van der Waals surface area contributed by atoms with Gasteiger partial charge in [0.25, 0.3) is 0 Å². The van der Waals surface area contributed by atoms with Crippen LogP contribution in [0.5, 0.6) is 5.75 Å². The van der Waals surface area contributed by atoms with Gasteiger partial charge in [0, 0.05) is 31.6 Å². The summed E-state index contributed by atoms with van der Waals surface area (Å²) in [6, 6.07) is 9.74. The molecule has 1 aromatic heterocycles. The van der Waals surface area contributed by atoms with E-state index in [-0.39, 0.29) is 23.7 Å². The minimum absolute atomic E-state index is 0.0508. The number of pyridine rings is 1. The molecule has 1 aliphatic heterocycles. The Kier molecular flexibility index (Phi) is 8.62. The third-order valence-corrected chi connectivity index (χ3v) is 7.18. The van der Waals surface area contributed by atoms with Crippen LogP contribution in [0.4, 0.5) is 4.79 Å². The number of esters is 1. The van der Waals surface area contributed by atoms with Crippen LogP contribution in [-0.4, -0.2) is 53.4 Å². The van der Waals surface area contributed by atoms with Crippen molar-refractivity contribution in [2.24, 2.45) is 5.92 Å². The molecule has 0 saturated carbocycles. The van der Waals surface area contributed by atoms with Crippen LogP contribution in [0, 0.1) is 5.92 Å². The molecule has 192 valence electrons. The number of piperidine rings is 1. The highest BCUT2D eigenvalue weighted by atomic mass is 16.6. The second kappa shape index (κ2) is 12.1. The van der Waals surface area contributed by atoms with E-state index in [2.05, 4.69) is 12.1 Å². The number of allylic oxidation sites excluding steroid dienone is 2. The number of hydrogen-bond donors (Lipinski definition) is 1. The number of phenols is 1. The number of likely N-dealkylation sites (tertiary alicyclic amines) is 1. The number of aromatic hydroxyl groups is 1. The Balaban J connectivity index is 1.66. The van der Waals surface area contributed by atoms with Gasteiger partial charge in [0.15, 0.2) is 0 Å². The molecule has 0 bridgehead atoms. The van der Waals surface area contributed by atoms with Crippen molar-refractivity contribution in [3.63, 3.8) is 0 Å². The number of fused-ring (bicyclic) bond motifs is 2. The number of carbonyl (C=O) groups is 2. The van der Waals surface area contributed by atoms with Gasteiger partial charge in [0.05, 0.1) is 18.9 Å². The largest absolute Gasteiger partial charge is 0.508 e. The number of ether oxygens (including phenoxy) is 2. The second-order valence-corrected chi connectivity index (χ2v) is 9.41. The predicted octanol–water partition coefficient (Wildman–Crippen LogP) is 5.46. The molecule has 2 heterocycles. The van der Waals surface area contributed by atoms with Crippen molar-refractivity contribution in [3.05, 3.63) is 65.0 Å². The zero-order valence-corrected chi connectivity index (χ0v) is 21.2. The standard InChI is InChI=1S/C29H36N2O5/c1-3-35-26(33)9-5-7-20-10-11-22-8-6-16-30-28(22)27(24-13-12-23(32)19-25(20)24)21-14-17-31(18-15-21)29(34)36-4-2/h6,8,10,12-13,16,19,21,27,32H,3-5,7,9,11,14-15,17-18H2,1-2H3/b20-10-. The third-order valence-electron chi connectivity index (χ3n) is 7.18. The van der Waals surface area contributed by atoms with E-state index in [1.165, 1.54) is 5.56 Å². The zero-order chi connectivity index (χ0) is 25.5. The van der Waals surface area contributed by atoms with Gasteiger partial charge in [-0.1, -0.05) is 18.2 Å². The molecule has 1 unspecified atom stereocenters. The van der Waals surface area contributed by atoms with Gasteiger partial charge in [-0.15, -0.1) is 0 Å². The lowest BCUT2D eigenvalue weighted by Crippen LogP contribution is -2.40. The number of benzene rings is 1. The van der Waals surface area contributed by atoms with E-state index in [0.717, 1.165) is 48.1 Å². The first kappa shape index (κ1) is 25.7. The summed E-state index contributed by atoms with van der Waals surface area (Å²) in [7, 11) is 0. The first-order valence-corrected chi connectivity index (χ1v) is 13.0. The zero-order valence-electron chi connectivity index (χ0n) is 21.2. The van der Waals surface area contributed by atoms with Crippen LogP contribution in [0.25, 0.3) is 5.57 Å². The van der Waals surface area contributed by atoms with Crippen LogP contribution >= 0.6 is 0 Å². The molecule has 1 amide bonds. The van der Waals surface area contributed by atoms with Gasteiger partial charge >= 0.3 is 12.1 Å². The van der Waals surface area contributed by atoms with Crippen LogP contribution in [-0.2, 0) is 20.7 Å². The monoisotopic (exact) mass is 492 g/mol. The number of rotatable bonds is 7. The predicted molar refractivity (Wildman–Crippen MR) is 138 cm³/mol. The number of amides is 1. The van der Waals surface area contributed by atoms with Crippen molar-refractivity contribution in [1.29, 1.82) is 0 Å². The number of nitrogens with zero attached hydrogens (tertiary/aromatic N) is 2. The molecule has 1 saturated heterocycles. The molecule has 1 aliphatic carbocycles. The average molecular weight is 493 g/mol. The molecule has 7 nitrogen and oxygen atoms in total. The lowest BCUT2D eigenvalue weighted by molar-refractivity contribution is -0.143. The normalized spacial score (nSPS) is 19.2. The van der Waals surface area contributed by atoms with Crippen molar-refractivity contribution in [1.82, 2.24) is 9.88 Å². The maximum atomic E-state index is 12.3. The Morgan fingerprint density at radius 3 is 2.64 bits per heavy atom. The Morgan fingerprint density at radius 1 is 1.11 bits per heavy atom. The van der Waals surface area contributed by atoms with E-state index in [4.69, 9.17) is 14.5 Å². The second-order valence-electron chi connectivity index (χ2n) is 9.41. The molecule has 2 aromatic rings. The smallest absolute Gasteiger partial charge is 0.409 e. The van der Waals surface area contributed by atoms with Crippen molar-refractivity contribution in [2.75, 3.05) is 26.3 Å². The van der Waals surface area contributed by atoms with Crippen LogP contribution in [0.2, 0.25) is 0 Å². The Morgan fingerprint density at radius 2 is 1.89 bits per heavy atom. The molecular formula is C29H36N2O5. The third kappa shape index (κ3) is 5.89. The summed E-state index contributed by atoms with van der Waals surface area (Å²) in [5.41, 5.74) is 5.56. The number of phenolic OH excluding ortho intramolecular Hbond substituents is 1. The lowest BCUT2D eigenvalue weighted by Gasteiger charge is -2.37. The maximum Gasteiger partial charge on any atom is 0.409 e. The fourth-order valence-corrected chi connectivity index (χ4v) is 5.49. The van der Waals surface area contributed by atoms with Gasteiger partial charge in [0.1, 0.15) is 5.75 Å². The Bertz CT molecular complexity index is 1100. The van der Waals surface area contributed by atoms with E-state index < -0.39 is 0 Å². The summed E-state index contributed by atoms with van der Waals surface area (Å²) in [4.78, 5) is 30.8. The molecule has 1 N–H and O–H groups in total. The number of hydrogen-bond acceptors (Lipinski definition) is 6. The van der Waals surface area contributed by atoms with Crippen LogP contribution in [0.15, 0.2) is 42.6 Å². The SMILES string of the molecule is CCOC(=O)CCC/C1=C/Cc2cccnc2C(C2CCN(C(=O)OCC)CC2)c2ccc(O)cc21. The van der Waals surface area contributed by atoms with Gasteiger partial charge in [0.2, 0.25) is 0 Å². The maximum absolute atomic E-state index is 12.3. The highest BCUT2D eigenvalue weighted by molar-refractivity contribution is 5.73. The summed E-state index contributed by atoms with van der Waals surface area (Å²) in [5.74, 6) is 0.394. The number of aromatic nitrogens is 1. The molecule has 0 spiro atoms. The molecule has 1 atom stereocenters. The summed E-state index contributed by atoms with van der Waals surface area (Å²) in [5, 5.41) is 10.4. The van der Waals surface area contributed by atoms with E-state index >= 15 is 0 Å². The van der Waals surface area contributed by atoms with Gasteiger partial charge in [-0.25, -0.2) is 4.79 Å². The van der Waals surface area contributed by atoms with E-state index in [1.807, 2.05) is 38.2 Å². The van der Waals surface area contributed by atoms with Crippen LogP contribution < -0.4 is 0 Å². The fourth-order valence-electron chi connectivity index (χ4n) is 5.49. The molecule has 0 radical (unpaired) electrons. The number of carbonyl (C=O) groups excluding carboxylic acids is 2. The molecule has 4 rings (SSSR count). The van der Waals surface area contributed by atoms with E-state index in [1.54, 1.807) is 11.0 Å². The quantitative estimate of drug-likeness (QED) is 0.516. The fraction of sp³-hybridized carbons (Fsp3) is 0.483. The highest BCUT2D eigenvalue weighted by Crippen LogP contribution is 2.44. The van der Waals surface area contributed by atoms with Gasteiger partial charge in [-0.2, -0.15) is 0 Å². The van der Waals surface area contributed by atoms with E-state index in [9.17, 15) is 14.7 Å². The van der Waals surface area contributed by atoms with Crippen molar-refractivity contribution in [2.45, 2.75) is 58.3 Å². The van der Waals surface area contributed by atoms with Crippen LogP contribution in [0.1, 0.15) is 74.3 Å². The highest BCUT2D eigenvalue weighted by Gasteiger charge is 2.35. The minimum Gasteiger partial charge on any atom is -0.508 e. The molecule has 2 aliphatic rings.